The molecule has 2 rings (SSSR count). The Balaban J connectivity index is 2.56. The lowest BCUT2D eigenvalue weighted by Crippen LogP contribution is -2.10. The minimum atomic E-state index is 0.124. The molecular formula is C10H14N2O. The Bertz CT molecular complexity index is 365. The van der Waals surface area contributed by atoms with E-state index in [0.29, 0.717) is 6.04 Å². The normalized spacial score (nSPS) is 20.4. The molecule has 0 fully saturated rings. The summed E-state index contributed by atoms with van der Waals surface area (Å²) < 4.78 is 0. The monoisotopic (exact) mass is 178 g/mol. The molecule has 1 atom stereocenters. The van der Waals surface area contributed by atoms with E-state index in [1.54, 1.807) is 6.92 Å². The van der Waals surface area contributed by atoms with Crippen molar-refractivity contribution in [3.05, 3.63) is 22.5 Å². The molecule has 0 aromatic carbocycles. The van der Waals surface area contributed by atoms with Crippen molar-refractivity contribution in [1.82, 2.24) is 10.3 Å². The van der Waals surface area contributed by atoms with Crippen molar-refractivity contribution in [3.8, 4) is 0 Å². The Morgan fingerprint density at radius 2 is 2.23 bits per heavy atom. The van der Waals surface area contributed by atoms with Crippen LogP contribution in [0.1, 0.15) is 47.2 Å². The number of hydrogen-bond donors (Lipinski definition) is 2. The molecule has 0 radical (unpaired) electrons. The fraction of sp³-hybridized carbons (Fsp3) is 0.500. The minimum absolute atomic E-state index is 0.124. The minimum Gasteiger partial charge on any atom is -0.354 e. The SMILES string of the molecule is CC(=O)c1[nH]c2c(c1C)C(C)NC2. The van der Waals surface area contributed by atoms with Crippen molar-refractivity contribution in [2.45, 2.75) is 33.4 Å². The number of ketones is 1. The fourth-order valence-corrected chi connectivity index (χ4v) is 2.11. The van der Waals surface area contributed by atoms with Gasteiger partial charge in [-0.15, -0.1) is 0 Å². The molecular weight excluding hydrogens is 164 g/mol. The van der Waals surface area contributed by atoms with Gasteiger partial charge in [0, 0.05) is 25.2 Å². The first-order valence-electron chi connectivity index (χ1n) is 4.57. The molecule has 2 heterocycles. The van der Waals surface area contributed by atoms with Gasteiger partial charge in [0.1, 0.15) is 0 Å². The summed E-state index contributed by atoms with van der Waals surface area (Å²) in [6.45, 7) is 6.59. The van der Waals surface area contributed by atoms with Crippen LogP contribution in [0.3, 0.4) is 0 Å². The fourth-order valence-electron chi connectivity index (χ4n) is 2.11. The van der Waals surface area contributed by atoms with Gasteiger partial charge in [-0.05, 0) is 25.0 Å². The van der Waals surface area contributed by atoms with Crippen LogP contribution in [0.5, 0.6) is 0 Å². The summed E-state index contributed by atoms with van der Waals surface area (Å²) in [5, 5.41) is 3.33. The molecule has 1 aromatic rings. The van der Waals surface area contributed by atoms with E-state index in [9.17, 15) is 4.79 Å². The first-order valence-corrected chi connectivity index (χ1v) is 4.57. The number of hydrogen-bond acceptors (Lipinski definition) is 2. The molecule has 1 aliphatic rings. The van der Waals surface area contributed by atoms with E-state index >= 15 is 0 Å². The van der Waals surface area contributed by atoms with E-state index in [2.05, 4.69) is 17.2 Å². The second-order valence-electron chi connectivity index (χ2n) is 3.68. The molecule has 0 bridgehead atoms. The second-order valence-corrected chi connectivity index (χ2v) is 3.68. The average molecular weight is 178 g/mol. The maximum atomic E-state index is 11.2. The molecule has 0 saturated heterocycles. The smallest absolute Gasteiger partial charge is 0.176 e. The third-order valence-electron chi connectivity index (χ3n) is 2.75. The van der Waals surface area contributed by atoms with Crippen molar-refractivity contribution >= 4 is 5.78 Å². The summed E-state index contributed by atoms with van der Waals surface area (Å²) in [6, 6.07) is 0.374. The highest BCUT2D eigenvalue weighted by atomic mass is 16.1. The van der Waals surface area contributed by atoms with Crippen LogP contribution in [-0.4, -0.2) is 10.8 Å². The summed E-state index contributed by atoms with van der Waals surface area (Å²) in [7, 11) is 0. The molecule has 70 valence electrons. The van der Waals surface area contributed by atoms with Crippen LogP contribution in [0.25, 0.3) is 0 Å². The zero-order valence-corrected chi connectivity index (χ0v) is 8.19. The Labute approximate surface area is 77.5 Å². The number of aromatic amines is 1. The molecule has 1 aliphatic heterocycles. The van der Waals surface area contributed by atoms with Gasteiger partial charge in [-0.3, -0.25) is 4.79 Å². The molecule has 13 heavy (non-hydrogen) atoms. The largest absolute Gasteiger partial charge is 0.354 e. The van der Waals surface area contributed by atoms with E-state index in [-0.39, 0.29) is 5.78 Å². The van der Waals surface area contributed by atoms with Crippen LogP contribution in [0, 0.1) is 6.92 Å². The molecule has 0 amide bonds. The highest BCUT2D eigenvalue weighted by Crippen LogP contribution is 2.29. The third kappa shape index (κ3) is 1.11. The van der Waals surface area contributed by atoms with E-state index in [4.69, 9.17) is 0 Å². The van der Waals surface area contributed by atoms with E-state index < -0.39 is 0 Å². The predicted octanol–water partition coefficient (Wildman–Crippen LogP) is 1.69. The van der Waals surface area contributed by atoms with Gasteiger partial charge in [0.15, 0.2) is 5.78 Å². The summed E-state index contributed by atoms with van der Waals surface area (Å²) >= 11 is 0. The van der Waals surface area contributed by atoms with Gasteiger partial charge in [0.25, 0.3) is 0 Å². The second kappa shape index (κ2) is 2.70. The molecule has 3 nitrogen and oxygen atoms in total. The number of nitrogens with one attached hydrogen (secondary N) is 2. The van der Waals surface area contributed by atoms with Crippen molar-refractivity contribution in [2.75, 3.05) is 0 Å². The Morgan fingerprint density at radius 3 is 2.77 bits per heavy atom. The number of fused-ring (bicyclic) bond motifs is 1. The number of rotatable bonds is 1. The molecule has 1 unspecified atom stereocenters. The standard InChI is InChI=1S/C10H14N2O/c1-5-9-6(2)11-4-8(9)12-10(5)7(3)13/h6,11-12H,4H2,1-3H3. The zero-order valence-electron chi connectivity index (χ0n) is 8.19. The maximum Gasteiger partial charge on any atom is 0.176 e. The first-order chi connectivity index (χ1) is 6.11. The predicted molar refractivity (Wildman–Crippen MR) is 50.8 cm³/mol. The lowest BCUT2D eigenvalue weighted by atomic mass is 10.1. The van der Waals surface area contributed by atoms with Crippen LogP contribution in [-0.2, 0) is 6.54 Å². The molecule has 0 spiro atoms. The summed E-state index contributed by atoms with van der Waals surface area (Å²) in [6.07, 6.45) is 0. The number of Topliss-reactive ketones (excluding diaryl/α,β-unsaturated/α-hetero) is 1. The Kier molecular flexibility index (Phi) is 1.77. The van der Waals surface area contributed by atoms with E-state index in [1.807, 2.05) is 6.92 Å². The van der Waals surface area contributed by atoms with Gasteiger partial charge in [0.2, 0.25) is 0 Å². The van der Waals surface area contributed by atoms with Gasteiger partial charge in [-0.1, -0.05) is 0 Å². The lowest BCUT2D eigenvalue weighted by molar-refractivity contribution is 0.101. The number of carbonyl (C=O) groups excluding carboxylic acids is 1. The van der Waals surface area contributed by atoms with Crippen LogP contribution >= 0.6 is 0 Å². The maximum absolute atomic E-state index is 11.2. The van der Waals surface area contributed by atoms with Gasteiger partial charge in [0.05, 0.1) is 5.69 Å². The molecule has 2 N–H and O–H groups in total. The molecule has 1 aromatic heterocycles. The van der Waals surface area contributed by atoms with Gasteiger partial charge in [-0.2, -0.15) is 0 Å². The molecule has 0 saturated carbocycles. The Morgan fingerprint density at radius 1 is 1.54 bits per heavy atom. The number of H-pyrrole nitrogens is 1. The Hall–Kier alpha value is -1.09. The van der Waals surface area contributed by atoms with Gasteiger partial charge < -0.3 is 10.3 Å². The first kappa shape index (κ1) is 8.51. The van der Waals surface area contributed by atoms with Crippen molar-refractivity contribution in [1.29, 1.82) is 0 Å². The number of aromatic nitrogens is 1. The van der Waals surface area contributed by atoms with Crippen LogP contribution in [0.4, 0.5) is 0 Å². The zero-order chi connectivity index (χ0) is 9.59. The topological polar surface area (TPSA) is 44.9 Å². The summed E-state index contributed by atoms with van der Waals surface area (Å²) in [5.41, 5.74) is 4.35. The lowest BCUT2D eigenvalue weighted by Gasteiger charge is -2.04. The van der Waals surface area contributed by atoms with Crippen LogP contribution in [0.2, 0.25) is 0 Å². The van der Waals surface area contributed by atoms with E-state index in [1.165, 1.54) is 11.3 Å². The highest BCUT2D eigenvalue weighted by Gasteiger charge is 2.25. The van der Waals surface area contributed by atoms with Crippen molar-refractivity contribution in [3.63, 3.8) is 0 Å². The molecule has 0 aliphatic carbocycles. The van der Waals surface area contributed by atoms with Crippen LogP contribution in [0.15, 0.2) is 0 Å². The van der Waals surface area contributed by atoms with Gasteiger partial charge in [-0.25, -0.2) is 0 Å². The quantitative estimate of drug-likeness (QED) is 0.643. The summed E-state index contributed by atoms with van der Waals surface area (Å²) in [5.74, 6) is 0.124. The highest BCUT2D eigenvalue weighted by molar-refractivity contribution is 5.94. The van der Waals surface area contributed by atoms with Crippen molar-refractivity contribution < 1.29 is 4.79 Å². The number of carbonyl (C=O) groups is 1. The van der Waals surface area contributed by atoms with Gasteiger partial charge >= 0.3 is 0 Å². The van der Waals surface area contributed by atoms with Crippen molar-refractivity contribution in [2.24, 2.45) is 0 Å². The molecule has 3 heteroatoms. The summed E-state index contributed by atoms with van der Waals surface area (Å²) in [4.78, 5) is 14.4. The van der Waals surface area contributed by atoms with Crippen LogP contribution < -0.4 is 5.32 Å². The third-order valence-corrected chi connectivity index (χ3v) is 2.75. The van der Waals surface area contributed by atoms with E-state index in [0.717, 1.165) is 17.8 Å². The average Bonchev–Trinajstić information content (AvgIpc) is 2.55.